The molecule has 0 amide bonds. The molecule has 0 bridgehead atoms. The minimum absolute atomic E-state index is 0.322. The van der Waals surface area contributed by atoms with Gasteiger partial charge >= 0.3 is 0 Å². The maximum Gasteiger partial charge on any atom is 0.136 e. The standard InChI is InChI=1S/C21H18FN3S/c1-3-15-5-7-16(8-6-15)20-13-26-21(25-20)17(11-23)12-24-19-10-18(22)9-4-14(19)2/h4-10,12-13,24H,3H2,1-2H3. The molecule has 1 N–H and O–H groups in total. The van der Waals surface area contributed by atoms with E-state index in [4.69, 9.17) is 0 Å². The third-order valence-electron chi connectivity index (χ3n) is 4.08. The third kappa shape index (κ3) is 3.98. The first kappa shape index (κ1) is 17.8. The molecule has 2 aromatic carbocycles. The Hall–Kier alpha value is -2.97. The van der Waals surface area contributed by atoms with Gasteiger partial charge in [-0.2, -0.15) is 5.26 Å². The van der Waals surface area contributed by atoms with E-state index in [0.29, 0.717) is 16.3 Å². The third-order valence-corrected chi connectivity index (χ3v) is 4.96. The van der Waals surface area contributed by atoms with Crippen molar-refractivity contribution in [2.75, 3.05) is 5.32 Å². The van der Waals surface area contributed by atoms with Gasteiger partial charge < -0.3 is 5.32 Å². The number of nitriles is 1. The zero-order valence-corrected chi connectivity index (χ0v) is 15.4. The number of thiazole rings is 1. The van der Waals surface area contributed by atoms with Crippen molar-refractivity contribution in [3.8, 4) is 17.3 Å². The van der Waals surface area contributed by atoms with E-state index in [9.17, 15) is 9.65 Å². The fraction of sp³-hybridized carbons (Fsp3) is 0.143. The number of rotatable bonds is 5. The highest BCUT2D eigenvalue weighted by Gasteiger charge is 2.09. The molecule has 1 aromatic heterocycles. The number of nitrogens with zero attached hydrogens (tertiary/aromatic N) is 2. The Balaban J connectivity index is 1.83. The van der Waals surface area contributed by atoms with Crippen LogP contribution in [-0.2, 0) is 6.42 Å². The molecule has 0 spiro atoms. The first-order chi connectivity index (χ1) is 12.6. The topological polar surface area (TPSA) is 48.7 Å². The summed E-state index contributed by atoms with van der Waals surface area (Å²) in [7, 11) is 0. The molecular formula is C21H18FN3S. The van der Waals surface area contributed by atoms with Crippen LogP contribution in [0.1, 0.15) is 23.1 Å². The van der Waals surface area contributed by atoms with E-state index < -0.39 is 0 Å². The monoisotopic (exact) mass is 363 g/mol. The number of anilines is 1. The number of aromatic nitrogens is 1. The maximum atomic E-state index is 13.4. The van der Waals surface area contributed by atoms with Crippen molar-refractivity contribution < 1.29 is 4.39 Å². The minimum Gasteiger partial charge on any atom is -0.360 e. The smallest absolute Gasteiger partial charge is 0.136 e. The Bertz CT molecular complexity index is 981. The van der Waals surface area contributed by atoms with Gasteiger partial charge in [0.2, 0.25) is 0 Å². The highest BCUT2D eigenvalue weighted by molar-refractivity contribution is 7.11. The zero-order chi connectivity index (χ0) is 18.5. The summed E-state index contributed by atoms with van der Waals surface area (Å²) in [5.41, 5.74) is 5.08. The first-order valence-corrected chi connectivity index (χ1v) is 9.17. The highest BCUT2D eigenvalue weighted by Crippen LogP contribution is 2.27. The van der Waals surface area contributed by atoms with E-state index in [1.54, 1.807) is 12.3 Å². The summed E-state index contributed by atoms with van der Waals surface area (Å²) in [5.74, 6) is -0.322. The van der Waals surface area contributed by atoms with Crippen LogP contribution in [0.25, 0.3) is 16.8 Å². The highest BCUT2D eigenvalue weighted by atomic mass is 32.1. The van der Waals surface area contributed by atoms with Crippen LogP contribution >= 0.6 is 11.3 Å². The Labute approximate surface area is 156 Å². The van der Waals surface area contributed by atoms with Crippen LogP contribution in [0.15, 0.2) is 54.0 Å². The van der Waals surface area contributed by atoms with E-state index in [-0.39, 0.29) is 5.82 Å². The van der Waals surface area contributed by atoms with Crippen LogP contribution in [-0.4, -0.2) is 4.98 Å². The van der Waals surface area contributed by atoms with Gasteiger partial charge in [0.05, 0.1) is 5.69 Å². The van der Waals surface area contributed by atoms with Gasteiger partial charge in [-0.15, -0.1) is 11.3 Å². The van der Waals surface area contributed by atoms with Crippen molar-refractivity contribution in [1.29, 1.82) is 5.26 Å². The molecule has 0 saturated heterocycles. The van der Waals surface area contributed by atoms with Gasteiger partial charge in [0.1, 0.15) is 22.5 Å². The van der Waals surface area contributed by atoms with Crippen molar-refractivity contribution in [1.82, 2.24) is 4.98 Å². The van der Waals surface area contributed by atoms with Crippen LogP contribution in [0.4, 0.5) is 10.1 Å². The fourth-order valence-electron chi connectivity index (χ4n) is 2.48. The normalized spacial score (nSPS) is 11.2. The van der Waals surface area contributed by atoms with Gasteiger partial charge in [-0.1, -0.05) is 37.3 Å². The second kappa shape index (κ2) is 7.94. The number of benzene rings is 2. The minimum atomic E-state index is -0.322. The van der Waals surface area contributed by atoms with E-state index in [1.807, 2.05) is 24.4 Å². The number of nitrogens with one attached hydrogen (secondary N) is 1. The maximum absolute atomic E-state index is 13.4. The van der Waals surface area contributed by atoms with Gasteiger partial charge in [0.15, 0.2) is 0 Å². The Kier molecular flexibility index (Phi) is 5.45. The van der Waals surface area contributed by atoms with Crippen molar-refractivity contribution in [3.05, 3.63) is 76.0 Å². The van der Waals surface area contributed by atoms with E-state index >= 15 is 0 Å². The molecular weight excluding hydrogens is 345 g/mol. The lowest BCUT2D eigenvalue weighted by molar-refractivity contribution is 0.628. The van der Waals surface area contributed by atoms with Crippen LogP contribution < -0.4 is 5.32 Å². The van der Waals surface area contributed by atoms with Crippen LogP contribution in [0.5, 0.6) is 0 Å². The number of aryl methyl sites for hydroxylation is 2. The average Bonchev–Trinajstić information content (AvgIpc) is 3.15. The molecule has 0 aliphatic rings. The predicted octanol–water partition coefficient (Wildman–Crippen LogP) is 5.80. The summed E-state index contributed by atoms with van der Waals surface area (Å²) in [5, 5.41) is 15.0. The Morgan fingerprint density at radius 3 is 2.73 bits per heavy atom. The van der Waals surface area contributed by atoms with Crippen molar-refractivity contribution >= 4 is 22.6 Å². The van der Waals surface area contributed by atoms with Crippen LogP contribution in [0, 0.1) is 24.1 Å². The molecule has 0 aliphatic carbocycles. The number of hydrogen-bond acceptors (Lipinski definition) is 4. The van der Waals surface area contributed by atoms with Gasteiger partial charge in [0, 0.05) is 22.8 Å². The molecule has 3 aromatic rings. The van der Waals surface area contributed by atoms with Gasteiger partial charge in [-0.25, -0.2) is 9.37 Å². The summed E-state index contributed by atoms with van der Waals surface area (Å²) in [6, 6.07) is 14.9. The summed E-state index contributed by atoms with van der Waals surface area (Å²) in [4.78, 5) is 4.57. The lowest BCUT2D eigenvalue weighted by Gasteiger charge is -2.05. The van der Waals surface area contributed by atoms with Gasteiger partial charge in [-0.05, 0) is 36.6 Å². The summed E-state index contributed by atoms with van der Waals surface area (Å²) in [6.07, 6.45) is 2.57. The molecule has 0 unspecified atom stereocenters. The van der Waals surface area contributed by atoms with Gasteiger partial charge in [-0.3, -0.25) is 0 Å². The van der Waals surface area contributed by atoms with Crippen molar-refractivity contribution in [2.24, 2.45) is 0 Å². The van der Waals surface area contributed by atoms with E-state index in [0.717, 1.165) is 23.2 Å². The molecule has 0 fully saturated rings. The molecule has 0 radical (unpaired) electrons. The van der Waals surface area contributed by atoms with Crippen LogP contribution in [0.2, 0.25) is 0 Å². The van der Waals surface area contributed by atoms with Crippen molar-refractivity contribution in [2.45, 2.75) is 20.3 Å². The molecule has 0 saturated carbocycles. The SMILES string of the molecule is CCc1ccc(-c2csc(C(C#N)=CNc3cc(F)ccc3C)n2)cc1. The fourth-order valence-corrected chi connectivity index (χ4v) is 3.28. The Morgan fingerprint density at radius 1 is 1.27 bits per heavy atom. The molecule has 5 heteroatoms. The average molecular weight is 363 g/mol. The molecule has 0 atom stereocenters. The summed E-state index contributed by atoms with van der Waals surface area (Å²) in [6.45, 7) is 4.00. The second-order valence-electron chi connectivity index (χ2n) is 5.86. The summed E-state index contributed by atoms with van der Waals surface area (Å²) >= 11 is 1.41. The number of halogens is 1. The van der Waals surface area contributed by atoms with Crippen molar-refractivity contribution in [3.63, 3.8) is 0 Å². The lowest BCUT2D eigenvalue weighted by atomic mass is 10.1. The molecule has 26 heavy (non-hydrogen) atoms. The second-order valence-corrected chi connectivity index (χ2v) is 6.72. The largest absolute Gasteiger partial charge is 0.360 e. The number of hydrogen-bond donors (Lipinski definition) is 1. The van der Waals surface area contributed by atoms with Gasteiger partial charge in [0.25, 0.3) is 0 Å². The molecule has 3 nitrogen and oxygen atoms in total. The predicted molar refractivity (Wildman–Crippen MR) is 105 cm³/mol. The Morgan fingerprint density at radius 2 is 2.04 bits per heavy atom. The molecule has 130 valence electrons. The molecule has 1 heterocycles. The van der Waals surface area contributed by atoms with E-state index in [1.165, 1.54) is 29.0 Å². The zero-order valence-electron chi connectivity index (χ0n) is 14.6. The van der Waals surface area contributed by atoms with Crippen LogP contribution in [0.3, 0.4) is 0 Å². The first-order valence-electron chi connectivity index (χ1n) is 8.29. The molecule has 3 rings (SSSR count). The quantitative estimate of drug-likeness (QED) is 0.583. The number of allylic oxidation sites excluding steroid dienone is 1. The lowest BCUT2D eigenvalue weighted by Crippen LogP contribution is -1.94. The molecule has 0 aliphatic heterocycles. The summed E-state index contributed by atoms with van der Waals surface area (Å²) < 4.78 is 13.4. The van der Waals surface area contributed by atoms with E-state index in [2.05, 4.69) is 35.4 Å².